The number of carbonyl (C=O) groups excluding carboxylic acids is 1. The number of carbonyl (C=O) groups is 1. The Hall–Kier alpha value is -1.53. The van der Waals surface area contributed by atoms with E-state index < -0.39 is 32.0 Å². The molecule has 1 fully saturated rings. The molecule has 0 spiro atoms. The van der Waals surface area contributed by atoms with Crippen molar-refractivity contribution < 1.29 is 26.7 Å². The molecule has 0 aliphatic carbocycles. The van der Waals surface area contributed by atoms with E-state index in [-0.39, 0.29) is 35.4 Å². The Labute approximate surface area is 153 Å². The van der Waals surface area contributed by atoms with E-state index in [4.69, 9.17) is 0 Å². The van der Waals surface area contributed by atoms with Crippen LogP contribution < -0.4 is 15.4 Å². The lowest BCUT2D eigenvalue weighted by molar-refractivity contribution is -0.119. The van der Waals surface area contributed by atoms with Crippen LogP contribution in [0.2, 0.25) is 0 Å². The Morgan fingerprint density at radius 1 is 1.19 bits per heavy atom. The van der Waals surface area contributed by atoms with Crippen LogP contribution in [0.5, 0.6) is 0 Å². The fourth-order valence-corrected chi connectivity index (χ4v) is 5.37. The van der Waals surface area contributed by atoms with Gasteiger partial charge in [-0.1, -0.05) is 12.1 Å². The monoisotopic (exact) mass is 405 g/mol. The van der Waals surface area contributed by atoms with Gasteiger partial charge in [-0.2, -0.15) is 0 Å². The van der Waals surface area contributed by atoms with Crippen molar-refractivity contribution in [3.05, 3.63) is 29.8 Å². The SMILES string of the molecule is CC(=O)NCc1ccc(S(=O)(=O)NCCN[C@@H]2CS(=O)(=O)C[C@H]2O)cc1. The molecule has 0 radical (unpaired) electrons. The minimum Gasteiger partial charge on any atom is -0.390 e. The minimum atomic E-state index is -3.70. The highest BCUT2D eigenvalue weighted by molar-refractivity contribution is 7.91. The summed E-state index contributed by atoms with van der Waals surface area (Å²) in [6.07, 6.45) is -0.979. The van der Waals surface area contributed by atoms with Crippen LogP contribution in [0.15, 0.2) is 29.2 Å². The number of rotatable bonds is 8. The number of aliphatic hydroxyl groups excluding tert-OH is 1. The van der Waals surface area contributed by atoms with Gasteiger partial charge >= 0.3 is 0 Å². The van der Waals surface area contributed by atoms with Gasteiger partial charge in [-0.05, 0) is 17.7 Å². The normalized spacial score (nSPS) is 22.2. The summed E-state index contributed by atoms with van der Waals surface area (Å²) in [5.74, 6) is -0.603. The first kappa shape index (κ1) is 20.8. The van der Waals surface area contributed by atoms with Crippen molar-refractivity contribution in [2.75, 3.05) is 24.6 Å². The summed E-state index contributed by atoms with van der Waals surface area (Å²) >= 11 is 0. The first-order chi connectivity index (χ1) is 12.1. The molecule has 1 heterocycles. The molecule has 1 amide bonds. The first-order valence-corrected chi connectivity index (χ1v) is 11.3. The highest BCUT2D eigenvalue weighted by atomic mass is 32.2. The summed E-state index contributed by atoms with van der Waals surface area (Å²) in [4.78, 5) is 11.0. The Bertz CT molecular complexity index is 837. The van der Waals surface area contributed by atoms with E-state index in [0.29, 0.717) is 6.54 Å². The molecule has 0 aromatic heterocycles. The molecule has 1 aromatic rings. The number of hydrogen-bond acceptors (Lipinski definition) is 7. The zero-order valence-electron chi connectivity index (χ0n) is 14.3. The van der Waals surface area contributed by atoms with Gasteiger partial charge in [0.05, 0.1) is 22.5 Å². The second kappa shape index (κ2) is 8.44. The van der Waals surface area contributed by atoms with Crippen molar-refractivity contribution in [1.29, 1.82) is 0 Å². The third-order valence-electron chi connectivity index (χ3n) is 3.92. The van der Waals surface area contributed by atoms with Crippen molar-refractivity contribution in [3.63, 3.8) is 0 Å². The molecule has 2 atom stereocenters. The van der Waals surface area contributed by atoms with E-state index >= 15 is 0 Å². The van der Waals surface area contributed by atoms with E-state index in [1.807, 2.05) is 0 Å². The van der Waals surface area contributed by atoms with Gasteiger partial charge in [0, 0.05) is 32.6 Å². The van der Waals surface area contributed by atoms with Gasteiger partial charge < -0.3 is 15.7 Å². The maximum absolute atomic E-state index is 12.2. The van der Waals surface area contributed by atoms with Crippen molar-refractivity contribution in [2.45, 2.75) is 30.5 Å². The van der Waals surface area contributed by atoms with Crippen LogP contribution in [0, 0.1) is 0 Å². The third kappa shape index (κ3) is 6.02. The summed E-state index contributed by atoms with van der Waals surface area (Å²) in [5, 5.41) is 15.1. The number of sulfonamides is 1. The molecular formula is C15H23N3O6S2. The lowest BCUT2D eigenvalue weighted by atomic mass is 10.2. The minimum absolute atomic E-state index is 0.0548. The number of sulfone groups is 1. The Balaban J connectivity index is 1.82. The summed E-state index contributed by atoms with van der Waals surface area (Å²) in [7, 11) is -6.94. The highest BCUT2D eigenvalue weighted by Crippen LogP contribution is 2.12. The zero-order chi connectivity index (χ0) is 19.4. The molecule has 11 heteroatoms. The quantitative estimate of drug-likeness (QED) is 0.380. The average molecular weight is 405 g/mol. The Morgan fingerprint density at radius 2 is 1.85 bits per heavy atom. The number of benzene rings is 1. The van der Waals surface area contributed by atoms with Gasteiger partial charge in [0.15, 0.2) is 9.84 Å². The van der Waals surface area contributed by atoms with E-state index in [9.17, 15) is 26.7 Å². The molecule has 146 valence electrons. The number of hydrogen-bond donors (Lipinski definition) is 4. The second-order valence-corrected chi connectivity index (χ2v) is 10.1. The smallest absolute Gasteiger partial charge is 0.240 e. The molecular weight excluding hydrogens is 382 g/mol. The van der Waals surface area contributed by atoms with Gasteiger partial charge in [-0.15, -0.1) is 0 Å². The molecule has 9 nitrogen and oxygen atoms in total. The lowest BCUT2D eigenvalue weighted by Crippen LogP contribution is -2.42. The Kier molecular flexibility index (Phi) is 6.74. The van der Waals surface area contributed by atoms with Crippen LogP contribution in [-0.2, 0) is 31.2 Å². The van der Waals surface area contributed by atoms with Gasteiger partial charge in [0.25, 0.3) is 0 Å². The molecule has 1 aliphatic rings. The molecule has 2 rings (SSSR count). The van der Waals surface area contributed by atoms with E-state index in [2.05, 4.69) is 15.4 Å². The summed E-state index contributed by atoms with van der Waals surface area (Å²) in [6.45, 7) is 1.97. The van der Waals surface area contributed by atoms with Crippen LogP contribution in [0.1, 0.15) is 12.5 Å². The van der Waals surface area contributed by atoms with Gasteiger partial charge in [0.1, 0.15) is 0 Å². The standard InChI is InChI=1S/C15H23N3O6S2/c1-11(19)17-8-12-2-4-13(5-3-12)26(23,24)18-7-6-16-14-9-25(21,22)10-15(14)20/h2-5,14-16,18,20H,6-10H2,1H3,(H,17,19)/t14-,15-/m1/s1. The van der Waals surface area contributed by atoms with Crippen LogP contribution in [0.4, 0.5) is 0 Å². The summed E-state index contributed by atoms with van der Waals surface area (Å²) in [6, 6.07) is 5.53. The number of aliphatic hydroxyl groups is 1. The Morgan fingerprint density at radius 3 is 2.38 bits per heavy atom. The molecule has 26 heavy (non-hydrogen) atoms. The summed E-state index contributed by atoms with van der Waals surface area (Å²) < 4.78 is 49.7. The van der Waals surface area contributed by atoms with E-state index in [1.165, 1.54) is 19.1 Å². The molecule has 1 saturated heterocycles. The second-order valence-electron chi connectivity index (χ2n) is 6.16. The predicted molar refractivity (Wildman–Crippen MR) is 95.6 cm³/mol. The van der Waals surface area contributed by atoms with Crippen LogP contribution >= 0.6 is 0 Å². The lowest BCUT2D eigenvalue weighted by Gasteiger charge is -2.15. The number of amides is 1. The average Bonchev–Trinajstić information content (AvgIpc) is 2.82. The van der Waals surface area contributed by atoms with E-state index in [0.717, 1.165) is 5.56 Å². The topological polar surface area (TPSA) is 142 Å². The van der Waals surface area contributed by atoms with Gasteiger partial charge in [0.2, 0.25) is 15.9 Å². The van der Waals surface area contributed by atoms with Crippen LogP contribution in [0.3, 0.4) is 0 Å². The van der Waals surface area contributed by atoms with Crippen molar-refractivity contribution in [3.8, 4) is 0 Å². The van der Waals surface area contributed by atoms with E-state index in [1.54, 1.807) is 12.1 Å². The largest absolute Gasteiger partial charge is 0.390 e. The number of nitrogens with one attached hydrogen (secondary N) is 3. The predicted octanol–water partition coefficient (Wildman–Crippen LogP) is -1.65. The summed E-state index contributed by atoms with van der Waals surface area (Å²) in [5.41, 5.74) is 0.775. The van der Waals surface area contributed by atoms with Gasteiger partial charge in [-0.3, -0.25) is 4.79 Å². The fourth-order valence-electron chi connectivity index (χ4n) is 2.56. The third-order valence-corrected chi connectivity index (χ3v) is 7.11. The molecule has 1 aliphatic heterocycles. The molecule has 4 N–H and O–H groups in total. The first-order valence-electron chi connectivity index (χ1n) is 8.04. The molecule has 0 saturated carbocycles. The maximum atomic E-state index is 12.2. The molecule has 0 bridgehead atoms. The van der Waals surface area contributed by atoms with Crippen molar-refractivity contribution in [1.82, 2.24) is 15.4 Å². The van der Waals surface area contributed by atoms with Gasteiger partial charge in [-0.25, -0.2) is 21.6 Å². The molecule has 1 aromatic carbocycles. The maximum Gasteiger partial charge on any atom is 0.240 e. The molecule has 0 unspecified atom stereocenters. The fraction of sp³-hybridized carbons (Fsp3) is 0.533. The zero-order valence-corrected chi connectivity index (χ0v) is 15.9. The van der Waals surface area contributed by atoms with Crippen molar-refractivity contribution in [2.24, 2.45) is 0 Å². The van der Waals surface area contributed by atoms with Crippen LogP contribution in [0.25, 0.3) is 0 Å². The van der Waals surface area contributed by atoms with Crippen molar-refractivity contribution >= 4 is 25.8 Å². The highest BCUT2D eigenvalue weighted by Gasteiger charge is 2.35. The van der Waals surface area contributed by atoms with Crippen LogP contribution in [-0.4, -0.2) is 64.6 Å².